The molecule has 0 saturated carbocycles. The van der Waals surface area contributed by atoms with Crippen molar-refractivity contribution in [2.24, 2.45) is 0 Å². The van der Waals surface area contributed by atoms with E-state index in [-0.39, 0.29) is 0 Å². The number of aliphatic hydroxyl groups is 3. The van der Waals surface area contributed by atoms with Gasteiger partial charge in [-0.25, -0.2) is 13.7 Å². The van der Waals surface area contributed by atoms with Crippen LogP contribution in [-0.2, 0) is 31.6 Å². The van der Waals surface area contributed by atoms with Gasteiger partial charge in [0, 0.05) is 0 Å². The Kier molecular flexibility index (Phi) is 6.47. The Bertz CT molecular complexity index is 527. The Labute approximate surface area is 122 Å². The van der Waals surface area contributed by atoms with Crippen molar-refractivity contribution in [3.05, 3.63) is 0 Å². The number of phosphoric acid groups is 3. The molecule has 14 nitrogen and oxygen atoms in total. The highest BCUT2D eigenvalue weighted by Crippen LogP contribution is 2.66. The third kappa shape index (κ3) is 6.40. The molecule has 17 heteroatoms. The van der Waals surface area contributed by atoms with Crippen molar-refractivity contribution in [2.75, 3.05) is 6.61 Å². The largest absolute Gasteiger partial charge is 0.490 e. The minimum Gasteiger partial charge on any atom is -0.388 e. The Morgan fingerprint density at radius 1 is 0.864 bits per heavy atom. The van der Waals surface area contributed by atoms with Gasteiger partial charge in [-0.2, -0.15) is 8.62 Å². The topological polar surface area (TPSA) is 230 Å². The summed E-state index contributed by atoms with van der Waals surface area (Å²) in [5, 5.41) is 27.8. The molecule has 0 aromatic rings. The number of hydrogen-bond acceptors (Lipinski definition) is 10. The summed E-state index contributed by atoms with van der Waals surface area (Å²) in [4.78, 5) is 34.7. The molecule has 1 saturated heterocycles. The summed E-state index contributed by atoms with van der Waals surface area (Å²) in [5.41, 5.74) is 0. The normalized spacial score (nSPS) is 35.6. The molecule has 0 aromatic carbocycles. The van der Waals surface area contributed by atoms with Crippen molar-refractivity contribution in [1.29, 1.82) is 0 Å². The van der Waals surface area contributed by atoms with Gasteiger partial charge in [-0.15, -0.1) is 0 Å². The first kappa shape index (κ1) is 20.3. The van der Waals surface area contributed by atoms with E-state index in [4.69, 9.17) is 19.8 Å². The fourth-order valence-corrected chi connectivity index (χ4v) is 4.41. The van der Waals surface area contributed by atoms with Crippen LogP contribution in [0.5, 0.6) is 0 Å². The maximum atomic E-state index is 11.4. The molecule has 1 aliphatic heterocycles. The third-order valence-electron chi connectivity index (χ3n) is 2.11. The van der Waals surface area contributed by atoms with Crippen LogP contribution in [0.4, 0.5) is 0 Å². The van der Waals surface area contributed by atoms with E-state index in [1.165, 1.54) is 0 Å². The molecule has 1 heterocycles. The summed E-state index contributed by atoms with van der Waals surface area (Å²) < 4.78 is 48.4. The van der Waals surface area contributed by atoms with Crippen LogP contribution in [-0.4, -0.2) is 66.1 Å². The zero-order chi connectivity index (χ0) is 17.3. The quantitative estimate of drug-likeness (QED) is 0.238. The first-order valence-electron chi connectivity index (χ1n) is 5.20. The van der Waals surface area contributed by atoms with Crippen LogP contribution in [0.2, 0.25) is 0 Å². The summed E-state index contributed by atoms with van der Waals surface area (Å²) in [6, 6.07) is 0. The summed E-state index contributed by atoms with van der Waals surface area (Å²) in [6.07, 6.45) is -7.39. The molecule has 1 rings (SSSR count). The zero-order valence-electron chi connectivity index (χ0n) is 10.3. The van der Waals surface area contributed by atoms with E-state index in [0.29, 0.717) is 0 Å². The van der Waals surface area contributed by atoms with Crippen molar-refractivity contribution in [2.45, 2.75) is 24.6 Å². The molecule has 7 N–H and O–H groups in total. The van der Waals surface area contributed by atoms with Crippen LogP contribution in [0.3, 0.4) is 0 Å². The molecule has 6 atom stereocenters. The van der Waals surface area contributed by atoms with Gasteiger partial charge in [0.05, 0.1) is 6.61 Å². The van der Waals surface area contributed by atoms with Crippen LogP contribution in [0, 0.1) is 0 Å². The number of rotatable bonds is 6. The first-order valence-corrected chi connectivity index (χ1v) is 9.72. The summed E-state index contributed by atoms with van der Waals surface area (Å²) >= 11 is 0. The maximum absolute atomic E-state index is 11.4. The highest BCUT2D eigenvalue weighted by atomic mass is 31.3. The highest BCUT2D eigenvalue weighted by molar-refractivity contribution is 7.66. The molecule has 0 aromatic heterocycles. The van der Waals surface area contributed by atoms with E-state index in [9.17, 15) is 28.8 Å². The van der Waals surface area contributed by atoms with Gasteiger partial charge in [0.2, 0.25) is 0 Å². The standard InChI is InChI=1S/C5H13O14P3/c6-2-1-16-5(4(8)3(2)7)17-21(12,13)19-22(14,15)18-20(9,10)11/h2-8H,1H2,(H,12,13)(H,14,15)(H2,9,10,11)/t2-,3-,4-,5?/m1/s1. The van der Waals surface area contributed by atoms with Crippen molar-refractivity contribution in [1.82, 2.24) is 0 Å². The zero-order valence-corrected chi connectivity index (χ0v) is 13.0. The molecule has 0 bridgehead atoms. The molecule has 0 radical (unpaired) electrons. The minimum absolute atomic E-state index is 0.612. The second kappa shape index (κ2) is 7.01. The lowest BCUT2D eigenvalue weighted by atomic mass is 10.1. The lowest BCUT2D eigenvalue weighted by Gasteiger charge is -2.35. The molecule has 3 unspecified atom stereocenters. The Morgan fingerprint density at radius 2 is 1.41 bits per heavy atom. The SMILES string of the molecule is O=P(O)(O)OP(=O)(O)OP(=O)(O)OC1OC[C@@H](O)[C@@H](O)[C@H]1O. The lowest BCUT2D eigenvalue weighted by Crippen LogP contribution is -2.53. The van der Waals surface area contributed by atoms with Crippen molar-refractivity contribution >= 4 is 23.5 Å². The smallest absolute Gasteiger partial charge is 0.388 e. The molecule has 0 amide bonds. The number of hydrogen-bond donors (Lipinski definition) is 7. The molecule has 0 aliphatic carbocycles. The van der Waals surface area contributed by atoms with Gasteiger partial charge < -0.3 is 39.6 Å². The minimum atomic E-state index is -5.70. The Morgan fingerprint density at radius 3 is 1.91 bits per heavy atom. The molecule has 1 fully saturated rings. The molecule has 132 valence electrons. The average Bonchev–Trinajstić information content (AvgIpc) is 2.25. The van der Waals surface area contributed by atoms with E-state index < -0.39 is 54.7 Å². The van der Waals surface area contributed by atoms with Crippen LogP contribution in [0.15, 0.2) is 0 Å². The van der Waals surface area contributed by atoms with Crippen molar-refractivity contribution in [3.8, 4) is 0 Å². The van der Waals surface area contributed by atoms with Crippen LogP contribution in [0.1, 0.15) is 0 Å². The molecular weight excluding hydrogens is 377 g/mol. The van der Waals surface area contributed by atoms with Gasteiger partial charge >= 0.3 is 23.5 Å². The van der Waals surface area contributed by atoms with E-state index in [1.54, 1.807) is 0 Å². The Balaban J connectivity index is 2.73. The first-order chi connectivity index (χ1) is 9.72. The summed E-state index contributed by atoms with van der Waals surface area (Å²) in [6.45, 7) is -0.612. The third-order valence-corrected chi connectivity index (χ3v) is 5.91. The van der Waals surface area contributed by atoms with Crippen molar-refractivity contribution in [3.63, 3.8) is 0 Å². The van der Waals surface area contributed by atoms with E-state index in [1.807, 2.05) is 0 Å². The maximum Gasteiger partial charge on any atom is 0.490 e. The van der Waals surface area contributed by atoms with Crippen LogP contribution in [0.25, 0.3) is 0 Å². The number of ether oxygens (including phenoxy) is 1. The predicted octanol–water partition coefficient (Wildman–Crippen LogP) is -2.23. The fourth-order valence-electron chi connectivity index (χ4n) is 1.30. The average molecular weight is 390 g/mol. The van der Waals surface area contributed by atoms with Crippen LogP contribution >= 0.6 is 23.5 Å². The van der Waals surface area contributed by atoms with E-state index in [0.717, 1.165) is 0 Å². The second-order valence-electron chi connectivity index (χ2n) is 3.95. The van der Waals surface area contributed by atoms with E-state index >= 15 is 0 Å². The van der Waals surface area contributed by atoms with Gasteiger partial charge in [0.25, 0.3) is 0 Å². The monoisotopic (exact) mass is 390 g/mol. The highest BCUT2D eigenvalue weighted by Gasteiger charge is 2.46. The van der Waals surface area contributed by atoms with Gasteiger partial charge in [-0.05, 0) is 0 Å². The van der Waals surface area contributed by atoms with Gasteiger partial charge in [0.1, 0.15) is 18.3 Å². The summed E-state index contributed by atoms with van der Waals surface area (Å²) in [7, 11) is -16.7. The predicted molar refractivity (Wildman–Crippen MR) is 62.7 cm³/mol. The van der Waals surface area contributed by atoms with Gasteiger partial charge in [0.15, 0.2) is 6.29 Å². The second-order valence-corrected chi connectivity index (χ2v) is 8.32. The van der Waals surface area contributed by atoms with Gasteiger partial charge in [-0.3, -0.25) is 4.52 Å². The van der Waals surface area contributed by atoms with E-state index in [2.05, 4.69) is 17.9 Å². The number of aliphatic hydroxyl groups excluding tert-OH is 3. The molecule has 1 aliphatic rings. The molecule has 0 spiro atoms. The van der Waals surface area contributed by atoms with Crippen molar-refractivity contribution < 1.29 is 66.5 Å². The fraction of sp³-hybridized carbons (Fsp3) is 1.00. The number of phosphoric ester groups is 1. The van der Waals surface area contributed by atoms with Crippen LogP contribution < -0.4 is 0 Å². The van der Waals surface area contributed by atoms with Gasteiger partial charge in [-0.1, -0.05) is 0 Å². The Hall–Kier alpha value is 0.250. The molecular formula is C5H13O14P3. The molecule has 22 heavy (non-hydrogen) atoms. The lowest BCUT2D eigenvalue weighted by molar-refractivity contribution is -0.245. The summed E-state index contributed by atoms with van der Waals surface area (Å²) in [5.74, 6) is 0.